The lowest BCUT2D eigenvalue weighted by molar-refractivity contribution is 0.828. The molecule has 2 N–H and O–H groups in total. The van der Waals surface area contributed by atoms with Crippen LogP contribution in [0.4, 0.5) is 0 Å². The van der Waals surface area contributed by atoms with Gasteiger partial charge in [0.2, 0.25) is 0 Å². The van der Waals surface area contributed by atoms with E-state index in [-0.39, 0.29) is 0 Å². The molecule has 2 aliphatic heterocycles. The third kappa shape index (κ3) is 15.8. The van der Waals surface area contributed by atoms with Gasteiger partial charge in [0.15, 0.2) is 23.3 Å². The fourth-order valence-electron chi connectivity index (χ4n) is 10.2. The van der Waals surface area contributed by atoms with Crippen LogP contribution in [-0.4, -0.2) is 39.9 Å². The first-order valence-electron chi connectivity index (χ1n) is 32.8. The highest BCUT2D eigenvalue weighted by atomic mass is 15.1. The number of benzene rings is 4. The zero-order chi connectivity index (χ0) is 61.5. The molecular formula is C80H82N8. The average Bonchev–Trinajstić information content (AvgIpc) is 2.03. The number of unbranched alkanes of at least 4 members (excludes halogenated alkanes) is 16. The number of nitrogens with zero attached hydrogens (tertiary/aromatic N) is 6. The number of aromatic nitrogens is 8. The SMILES string of the molecule is CCCCC#Cc1cc2c(cc1C#CCCCC)-c1nc-2nc2nc(nc3[nH]c(nc4[nH]c(n1)c1cc(C#CCCCC)c(C#CCCCC)cc41)c1cc(C#CCCCC)c(C#CCCCC)cc31)-c1cc(C#CCCCC)c(C#CCCCC)cc1-2. The lowest BCUT2D eigenvalue weighted by atomic mass is 9.98. The first-order valence-corrected chi connectivity index (χ1v) is 32.8. The molecule has 7 aromatic rings. The summed E-state index contributed by atoms with van der Waals surface area (Å²) >= 11 is 0. The lowest BCUT2D eigenvalue weighted by Gasteiger charge is -2.05. The average molecular weight is 1160 g/mol. The summed E-state index contributed by atoms with van der Waals surface area (Å²) in [5.74, 6) is 57.9. The molecule has 0 saturated carbocycles. The molecule has 9 rings (SSSR count). The molecule has 2 aliphatic rings. The Morgan fingerprint density at radius 1 is 0.239 bits per heavy atom. The highest BCUT2D eigenvalue weighted by Crippen LogP contribution is 2.41. The minimum absolute atomic E-state index is 0.451. The molecule has 5 heterocycles. The number of hydrogen-bond donors (Lipinski definition) is 2. The molecule has 0 fully saturated rings. The number of fused-ring (bicyclic) bond motifs is 20. The molecule has 442 valence electrons. The van der Waals surface area contributed by atoms with Gasteiger partial charge in [-0.05, 0) is 99.9 Å². The van der Waals surface area contributed by atoms with Crippen molar-refractivity contribution in [1.82, 2.24) is 39.9 Å². The molecule has 8 nitrogen and oxygen atoms in total. The van der Waals surface area contributed by atoms with Crippen LogP contribution in [0.3, 0.4) is 0 Å². The van der Waals surface area contributed by atoms with Gasteiger partial charge in [-0.25, -0.2) is 29.9 Å². The van der Waals surface area contributed by atoms with E-state index in [1.54, 1.807) is 0 Å². The van der Waals surface area contributed by atoms with Gasteiger partial charge in [0.05, 0.1) is 0 Å². The largest absolute Gasteiger partial charge is 0.324 e. The van der Waals surface area contributed by atoms with E-state index in [1.807, 2.05) is 0 Å². The van der Waals surface area contributed by atoms with Crippen molar-refractivity contribution in [2.24, 2.45) is 0 Å². The summed E-state index contributed by atoms with van der Waals surface area (Å²) in [7, 11) is 0. The van der Waals surface area contributed by atoms with E-state index in [0.717, 1.165) is 242 Å². The van der Waals surface area contributed by atoms with Crippen LogP contribution in [0.1, 0.15) is 254 Å². The van der Waals surface area contributed by atoms with Crippen molar-refractivity contribution in [1.29, 1.82) is 0 Å². The standard InChI is InChI=1S/C80H82N8/c1-9-17-25-33-41-57-49-65-66(50-58(57)42-34-26-18-10-2)74-81-73(65)85-75-67-51-59(43-35-27-19-11-3)60(44-36-28-20-12-4)52-68(67)77(82-75)87-79-71-55-63(47-39-31-23-15-7)64(48-40-32-24-16-8)56-72(71)80(84-79)88-78-70-54-62(46-38-30-22-14-6)61(45-37-29-21-13-5)53-69(70)76(83-78)86-74/h49-56H,9-32H2,1-8H3,(H2,81,82,83,84,85,86,87,88). The number of rotatable bonds is 16. The molecule has 0 radical (unpaired) electrons. The topological polar surface area (TPSA) is 109 Å². The van der Waals surface area contributed by atoms with Crippen molar-refractivity contribution < 1.29 is 0 Å². The van der Waals surface area contributed by atoms with Crippen molar-refractivity contribution in [2.45, 2.75) is 209 Å². The molecule has 0 atom stereocenters. The van der Waals surface area contributed by atoms with E-state index in [1.165, 1.54) is 0 Å². The highest BCUT2D eigenvalue weighted by Gasteiger charge is 2.27. The van der Waals surface area contributed by atoms with Crippen LogP contribution in [0.15, 0.2) is 48.5 Å². The Hall–Kier alpha value is -9.28. The first-order chi connectivity index (χ1) is 43.3. The van der Waals surface area contributed by atoms with Gasteiger partial charge in [-0.2, -0.15) is 0 Å². The van der Waals surface area contributed by atoms with Crippen molar-refractivity contribution >= 4 is 44.1 Å². The summed E-state index contributed by atoms with van der Waals surface area (Å²) in [6.07, 6.45) is 22.8. The van der Waals surface area contributed by atoms with Crippen molar-refractivity contribution in [3.8, 4) is 140 Å². The molecule has 0 spiro atoms. The van der Waals surface area contributed by atoms with Crippen LogP contribution in [-0.2, 0) is 0 Å². The molecule has 0 unspecified atom stereocenters. The maximum absolute atomic E-state index is 5.59. The maximum atomic E-state index is 5.59. The zero-order valence-corrected chi connectivity index (χ0v) is 53.3. The van der Waals surface area contributed by atoms with Crippen molar-refractivity contribution in [3.63, 3.8) is 0 Å². The van der Waals surface area contributed by atoms with Gasteiger partial charge in [-0.3, -0.25) is 0 Å². The van der Waals surface area contributed by atoms with Crippen LogP contribution < -0.4 is 0 Å². The molecule has 0 saturated heterocycles. The van der Waals surface area contributed by atoms with Crippen LogP contribution in [0.25, 0.3) is 89.7 Å². The Bertz CT molecular complexity index is 4170. The highest BCUT2D eigenvalue weighted by molar-refractivity contribution is 6.09. The number of aromatic amines is 2. The van der Waals surface area contributed by atoms with Crippen molar-refractivity contribution in [2.75, 3.05) is 0 Å². The summed E-state index contributed by atoms with van der Waals surface area (Å²) in [5.41, 5.74) is 12.1. The number of H-pyrrole nitrogens is 2. The van der Waals surface area contributed by atoms with Gasteiger partial charge in [0.1, 0.15) is 22.6 Å². The summed E-state index contributed by atoms with van der Waals surface area (Å²) in [6, 6.07) is 16.9. The third-order valence-electron chi connectivity index (χ3n) is 15.4. The normalized spacial score (nSPS) is 10.6. The fourth-order valence-corrected chi connectivity index (χ4v) is 10.2. The van der Waals surface area contributed by atoms with E-state index in [4.69, 9.17) is 29.9 Å². The summed E-state index contributed by atoms with van der Waals surface area (Å²) in [4.78, 5) is 40.5. The third-order valence-corrected chi connectivity index (χ3v) is 15.4. The van der Waals surface area contributed by atoms with Gasteiger partial charge in [-0.15, -0.1) is 0 Å². The molecule has 8 bridgehead atoms. The van der Waals surface area contributed by atoms with E-state index in [9.17, 15) is 0 Å². The molecule has 3 aromatic heterocycles. The van der Waals surface area contributed by atoms with E-state index in [0.29, 0.717) is 45.9 Å². The minimum atomic E-state index is 0.451. The second-order valence-electron chi connectivity index (χ2n) is 22.6. The first kappa shape index (κ1) is 63.2. The maximum Gasteiger partial charge on any atom is 0.164 e. The smallest absolute Gasteiger partial charge is 0.164 e. The van der Waals surface area contributed by atoms with Crippen LogP contribution in [0, 0.1) is 94.7 Å². The predicted octanol–water partition coefficient (Wildman–Crippen LogP) is 19.2. The van der Waals surface area contributed by atoms with Gasteiger partial charge in [0.25, 0.3) is 0 Å². The van der Waals surface area contributed by atoms with Gasteiger partial charge in [0, 0.05) is 140 Å². The minimum Gasteiger partial charge on any atom is -0.324 e. The molecule has 4 aromatic carbocycles. The van der Waals surface area contributed by atoms with Gasteiger partial charge < -0.3 is 9.97 Å². The fraction of sp³-hybridized carbons (Fsp3) is 0.400. The molecule has 88 heavy (non-hydrogen) atoms. The number of nitrogens with one attached hydrogen (secondary N) is 2. The van der Waals surface area contributed by atoms with Gasteiger partial charge in [-0.1, -0.05) is 201 Å². The summed E-state index contributed by atoms with van der Waals surface area (Å²) in [5, 5.41) is 3.33. The molecule has 8 heteroatoms. The number of hydrogen-bond acceptors (Lipinski definition) is 6. The molecule has 0 aliphatic carbocycles. The van der Waals surface area contributed by atoms with Crippen LogP contribution in [0.2, 0.25) is 0 Å². The van der Waals surface area contributed by atoms with Gasteiger partial charge >= 0.3 is 0 Å². The predicted molar refractivity (Wildman–Crippen MR) is 367 cm³/mol. The van der Waals surface area contributed by atoms with Crippen LogP contribution >= 0.6 is 0 Å². The molecule has 0 amide bonds. The van der Waals surface area contributed by atoms with E-state index < -0.39 is 0 Å². The Morgan fingerprint density at radius 2 is 0.420 bits per heavy atom. The second kappa shape index (κ2) is 32.5. The quantitative estimate of drug-likeness (QED) is 0.0737. The second-order valence-corrected chi connectivity index (χ2v) is 22.6. The Kier molecular flexibility index (Phi) is 23.3. The lowest BCUT2D eigenvalue weighted by Crippen LogP contribution is -1.92. The Labute approximate surface area is 524 Å². The summed E-state index contributed by atoms with van der Waals surface area (Å²) < 4.78 is 0. The van der Waals surface area contributed by atoms with E-state index >= 15 is 0 Å². The monoisotopic (exact) mass is 1150 g/mol. The van der Waals surface area contributed by atoms with Crippen LogP contribution in [0.5, 0.6) is 0 Å². The Morgan fingerprint density at radius 3 is 0.625 bits per heavy atom. The molecular weight excluding hydrogens is 1070 g/mol. The summed E-state index contributed by atoms with van der Waals surface area (Å²) in [6.45, 7) is 17.5. The zero-order valence-electron chi connectivity index (χ0n) is 53.3. The Balaban J connectivity index is 1.47. The van der Waals surface area contributed by atoms with Crippen molar-refractivity contribution in [3.05, 3.63) is 93.0 Å². The van der Waals surface area contributed by atoms with E-state index in [2.05, 4.69) is 209 Å².